The summed E-state index contributed by atoms with van der Waals surface area (Å²) in [5.41, 5.74) is 0.237. The van der Waals surface area contributed by atoms with Crippen molar-refractivity contribution in [3.63, 3.8) is 0 Å². The zero-order valence-corrected chi connectivity index (χ0v) is 15.8. The summed E-state index contributed by atoms with van der Waals surface area (Å²) in [4.78, 5) is 11.1. The summed E-state index contributed by atoms with van der Waals surface area (Å²) >= 11 is 0. The van der Waals surface area contributed by atoms with Crippen LogP contribution in [0, 0.1) is 0 Å². The average molecular weight is 409 g/mol. The highest BCUT2D eigenvalue weighted by Gasteiger charge is 2.30. The van der Waals surface area contributed by atoms with E-state index in [1.54, 1.807) is 18.2 Å². The molecule has 28 heavy (non-hydrogen) atoms. The van der Waals surface area contributed by atoms with Gasteiger partial charge in [-0.25, -0.2) is 13.2 Å². The van der Waals surface area contributed by atoms with Gasteiger partial charge in [-0.3, -0.25) is 5.32 Å². The van der Waals surface area contributed by atoms with Gasteiger partial charge in [0.15, 0.2) is 16.6 Å². The fraction of sp³-hybridized carbons (Fsp3) is 0.278. The summed E-state index contributed by atoms with van der Waals surface area (Å²) in [6.07, 6.45) is -1.45. The summed E-state index contributed by atoms with van der Waals surface area (Å²) in [5.74, 6) is 0.985. The van der Waals surface area contributed by atoms with E-state index in [2.05, 4.69) is 5.32 Å². The molecule has 2 aromatic carbocycles. The van der Waals surface area contributed by atoms with Crippen molar-refractivity contribution in [2.24, 2.45) is 0 Å². The van der Waals surface area contributed by atoms with Crippen LogP contribution in [0.1, 0.15) is 0 Å². The molecule has 9 nitrogen and oxygen atoms in total. The molecule has 2 N–H and O–H groups in total. The van der Waals surface area contributed by atoms with E-state index in [0.29, 0.717) is 18.1 Å². The maximum Gasteiger partial charge on any atom is 0.409 e. The largest absolute Gasteiger partial charge is 0.465 e. The standard InChI is InChI=1S/C18H19NO8S/c1-24-11-26-17-8-13(4-7-16(17)19-18(20)21)27-12-2-5-15(6-3-12)28(22,23)10-14-9-25-14/h2-8,14,19H,9-11H2,1H3,(H,20,21). The number of epoxide rings is 1. The molecule has 150 valence electrons. The van der Waals surface area contributed by atoms with Crippen molar-refractivity contribution in [1.29, 1.82) is 0 Å². The van der Waals surface area contributed by atoms with Crippen LogP contribution in [-0.2, 0) is 19.3 Å². The smallest absolute Gasteiger partial charge is 0.409 e. The number of hydrogen-bond donors (Lipinski definition) is 2. The van der Waals surface area contributed by atoms with Gasteiger partial charge in [-0.1, -0.05) is 0 Å². The third kappa shape index (κ3) is 5.35. The molecule has 0 saturated carbocycles. The first-order chi connectivity index (χ1) is 13.4. The maximum atomic E-state index is 12.2. The van der Waals surface area contributed by atoms with Gasteiger partial charge >= 0.3 is 6.09 Å². The number of nitrogens with one attached hydrogen (secondary N) is 1. The number of hydrogen-bond acceptors (Lipinski definition) is 7. The van der Waals surface area contributed by atoms with Gasteiger partial charge in [0.2, 0.25) is 0 Å². The maximum absolute atomic E-state index is 12.2. The highest BCUT2D eigenvalue weighted by atomic mass is 32.2. The Morgan fingerprint density at radius 2 is 1.89 bits per heavy atom. The fourth-order valence-electron chi connectivity index (χ4n) is 2.38. The summed E-state index contributed by atoms with van der Waals surface area (Å²) in [6, 6.07) is 10.6. The van der Waals surface area contributed by atoms with E-state index >= 15 is 0 Å². The number of sulfone groups is 1. The molecule has 1 aliphatic heterocycles. The number of benzene rings is 2. The van der Waals surface area contributed by atoms with E-state index in [9.17, 15) is 13.2 Å². The van der Waals surface area contributed by atoms with Gasteiger partial charge in [0.05, 0.1) is 29.0 Å². The molecule has 1 fully saturated rings. The van der Waals surface area contributed by atoms with Crippen LogP contribution in [0.3, 0.4) is 0 Å². The van der Waals surface area contributed by atoms with E-state index in [1.165, 1.54) is 31.4 Å². The van der Waals surface area contributed by atoms with Gasteiger partial charge in [0.1, 0.15) is 17.2 Å². The highest BCUT2D eigenvalue weighted by Crippen LogP contribution is 2.32. The Morgan fingerprint density at radius 1 is 1.21 bits per heavy atom. The number of methoxy groups -OCH3 is 1. The van der Waals surface area contributed by atoms with Crippen LogP contribution in [-0.4, -0.2) is 52.0 Å². The van der Waals surface area contributed by atoms with E-state index in [4.69, 9.17) is 24.1 Å². The SMILES string of the molecule is COCOc1cc(Oc2ccc(S(=O)(=O)CC3CO3)cc2)ccc1NC(=O)O. The first kappa shape index (κ1) is 19.9. The Balaban J connectivity index is 1.74. The van der Waals surface area contributed by atoms with Gasteiger partial charge in [0, 0.05) is 13.2 Å². The lowest BCUT2D eigenvalue weighted by Crippen LogP contribution is -2.11. The van der Waals surface area contributed by atoms with Crippen molar-refractivity contribution in [3.8, 4) is 17.2 Å². The monoisotopic (exact) mass is 409 g/mol. The zero-order chi connectivity index (χ0) is 20.1. The van der Waals surface area contributed by atoms with Crippen LogP contribution >= 0.6 is 0 Å². The number of ether oxygens (including phenoxy) is 4. The minimum atomic E-state index is -3.40. The number of anilines is 1. The van der Waals surface area contributed by atoms with Crippen LogP contribution in [0.25, 0.3) is 0 Å². The van der Waals surface area contributed by atoms with Crippen LogP contribution < -0.4 is 14.8 Å². The van der Waals surface area contributed by atoms with Gasteiger partial charge in [0.25, 0.3) is 0 Å². The molecular formula is C18H19NO8S. The lowest BCUT2D eigenvalue weighted by molar-refractivity contribution is 0.0515. The van der Waals surface area contributed by atoms with Crippen molar-refractivity contribution >= 4 is 21.6 Å². The Kier molecular flexibility index (Phi) is 6.02. The molecular weight excluding hydrogens is 390 g/mol. The minimum Gasteiger partial charge on any atom is -0.465 e. The molecule has 0 aromatic heterocycles. The second-order valence-corrected chi connectivity index (χ2v) is 7.98. The quantitative estimate of drug-likeness (QED) is 0.479. The molecule has 10 heteroatoms. The molecule has 3 rings (SSSR count). The lowest BCUT2D eigenvalue weighted by atomic mass is 10.2. The topological polar surface area (TPSA) is 124 Å². The van der Waals surface area contributed by atoms with Crippen LogP contribution in [0.5, 0.6) is 17.2 Å². The first-order valence-corrected chi connectivity index (χ1v) is 9.90. The van der Waals surface area contributed by atoms with Crippen LogP contribution in [0.15, 0.2) is 47.4 Å². The third-order valence-corrected chi connectivity index (χ3v) is 5.55. The number of carboxylic acid groups (broad SMARTS) is 1. The summed E-state index contributed by atoms with van der Waals surface area (Å²) in [7, 11) is -1.96. The van der Waals surface area contributed by atoms with E-state index in [0.717, 1.165) is 0 Å². The van der Waals surface area contributed by atoms with E-state index in [1.807, 2.05) is 0 Å². The molecule has 1 amide bonds. The Bertz CT molecular complexity index is 939. The Labute approximate surface area is 161 Å². The van der Waals surface area contributed by atoms with Gasteiger partial charge in [-0.05, 0) is 36.4 Å². The fourth-order valence-corrected chi connectivity index (χ4v) is 3.81. The average Bonchev–Trinajstić information content (AvgIpc) is 3.45. The summed E-state index contributed by atoms with van der Waals surface area (Å²) < 4.78 is 45.3. The normalized spacial score (nSPS) is 15.7. The van der Waals surface area contributed by atoms with Gasteiger partial charge in [-0.15, -0.1) is 0 Å². The van der Waals surface area contributed by atoms with Crippen molar-refractivity contribution in [2.45, 2.75) is 11.0 Å². The summed E-state index contributed by atoms with van der Waals surface area (Å²) in [5, 5.41) is 11.1. The Morgan fingerprint density at radius 3 is 2.50 bits per heavy atom. The lowest BCUT2D eigenvalue weighted by Gasteiger charge is -2.13. The molecule has 1 unspecified atom stereocenters. The second-order valence-electron chi connectivity index (χ2n) is 5.95. The van der Waals surface area contributed by atoms with Crippen molar-refractivity contribution in [2.75, 3.05) is 31.6 Å². The number of carbonyl (C=O) groups is 1. The van der Waals surface area contributed by atoms with E-state index < -0.39 is 15.9 Å². The van der Waals surface area contributed by atoms with Crippen molar-refractivity contribution < 1.29 is 37.3 Å². The molecule has 1 atom stereocenters. The third-order valence-electron chi connectivity index (χ3n) is 3.75. The molecule has 2 aromatic rings. The van der Waals surface area contributed by atoms with E-state index in [-0.39, 0.29) is 35.0 Å². The molecule has 1 heterocycles. The molecule has 0 radical (unpaired) electrons. The highest BCUT2D eigenvalue weighted by molar-refractivity contribution is 7.91. The molecule has 1 aliphatic rings. The summed E-state index contributed by atoms with van der Waals surface area (Å²) in [6.45, 7) is 0.398. The second kappa shape index (κ2) is 8.46. The van der Waals surface area contributed by atoms with Crippen LogP contribution in [0.2, 0.25) is 0 Å². The first-order valence-electron chi connectivity index (χ1n) is 8.25. The van der Waals surface area contributed by atoms with Gasteiger partial charge in [-0.2, -0.15) is 0 Å². The molecule has 1 saturated heterocycles. The predicted molar refractivity (Wildman–Crippen MR) is 98.9 cm³/mol. The van der Waals surface area contributed by atoms with Crippen molar-refractivity contribution in [1.82, 2.24) is 0 Å². The molecule has 0 spiro atoms. The number of rotatable bonds is 9. The van der Waals surface area contributed by atoms with Crippen molar-refractivity contribution in [3.05, 3.63) is 42.5 Å². The Hall–Kier alpha value is -2.82. The molecule has 0 aliphatic carbocycles. The molecule has 0 bridgehead atoms. The number of amides is 1. The zero-order valence-electron chi connectivity index (χ0n) is 15.0. The minimum absolute atomic E-state index is 0.0363. The van der Waals surface area contributed by atoms with Gasteiger partial charge < -0.3 is 24.1 Å². The predicted octanol–water partition coefficient (Wildman–Crippen LogP) is 2.72. The van der Waals surface area contributed by atoms with Crippen LogP contribution in [0.4, 0.5) is 10.5 Å².